The Kier molecular flexibility index (Phi) is 4.83. The fourth-order valence-corrected chi connectivity index (χ4v) is 3.01. The van der Waals surface area contributed by atoms with Gasteiger partial charge in [-0.25, -0.2) is 4.39 Å². The van der Waals surface area contributed by atoms with E-state index in [1.807, 2.05) is 0 Å². The van der Waals surface area contributed by atoms with Crippen LogP contribution in [0.1, 0.15) is 31.2 Å². The van der Waals surface area contributed by atoms with Gasteiger partial charge in [0.25, 0.3) is 0 Å². The van der Waals surface area contributed by atoms with Gasteiger partial charge in [-0.15, -0.1) is 0 Å². The second-order valence-electron chi connectivity index (χ2n) is 5.65. The number of hydrogen-bond donors (Lipinski definition) is 1. The third-order valence-corrected chi connectivity index (χ3v) is 4.32. The summed E-state index contributed by atoms with van der Waals surface area (Å²) >= 11 is 0. The zero-order valence-electron chi connectivity index (χ0n) is 12.5. The molecule has 1 aromatic carbocycles. The van der Waals surface area contributed by atoms with Gasteiger partial charge in [0, 0.05) is 0 Å². The molecular weight excluding hydrogens is 273 g/mol. The van der Waals surface area contributed by atoms with Crippen molar-refractivity contribution in [1.82, 2.24) is 0 Å². The van der Waals surface area contributed by atoms with E-state index in [9.17, 15) is 9.18 Å². The molecule has 1 aromatic rings. The number of nitrogens with two attached hydrogens (primary N) is 1. The Morgan fingerprint density at radius 3 is 3.00 bits per heavy atom. The van der Waals surface area contributed by atoms with Crippen LogP contribution >= 0.6 is 0 Å². The zero-order valence-corrected chi connectivity index (χ0v) is 12.5. The molecule has 1 aliphatic carbocycles. The van der Waals surface area contributed by atoms with Crippen LogP contribution in [0.15, 0.2) is 18.2 Å². The third-order valence-electron chi connectivity index (χ3n) is 4.32. The van der Waals surface area contributed by atoms with E-state index in [2.05, 4.69) is 0 Å². The highest BCUT2D eigenvalue weighted by Gasteiger charge is 2.46. The van der Waals surface area contributed by atoms with Crippen molar-refractivity contribution in [3.05, 3.63) is 29.6 Å². The van der Waals surface area contributed by atoms with E-state index in [1.54, 1.807) is 25.1 Å². The summed E-state index contributed by atoms with van der Waals surface area (Å²) in [7, 11) is 1.35. The highest BCUT2D eigenvalue weighted by Crippen LogP contribution is 2.37. The molecular formula is C16H22FNO3. The first-order chi connectivity index (χ1) is 9.99. The maximum Gasteiger partial charge on any atom is 0.326 e. The average Bonchev–Trinajstić information content (AvgIpc) is 2.85. The van der Waals surface area contributed by atoms with E-state index in [0.717, 1.165) is 12.8 Å². The van der Waals surface area contributed by atoms with Gasteiger partial charge >= 0.3 is 5.97 Å². The Balaban J connectivity index is 1.94. The fraction of sp³-hybridized carbons (Fsp3) is 0.562. The van der Waals surface area contributed by atoms with Crippen LogP contribution in [0.4, 0.5) is 4.39 Å². The quantitative estimate of drug-likeness (QED) is 0.848. The maximum atomic E-state index is 13.8. The lowest BCUT2D eigenvalue weighted by Gasteiger charge is -2.28. The van der Waals surface area contributed by atoms with Crippen LogP contribution in [0.5, 0.6) is 5.75 Å². The number of halogens is 1. The lowest BCUT2D eigenvalue weighted by molar-refractivity contribution is -0.148. The van der Waals surface area contributed by atoms with Crippen molar-refractivity contribution in [2.24, 2.45) is 11.7 Å². The molecule has 21 heavy (non-hydrogen) atoms. The minimum atomic E-state index is -0.927. The average molecular weight is 295 g/mol. The van der Waals surface area contributed by atoms with Gasteiger partial charge in [0.2, 0.25) is 0 Å². The summed E-state index contributed by atoms with van der Waals surface area (Å²) in [6.45, 7) is 2.03. The number of esters is 1. The van der Waals surface area contributed by atoms with Crippen molar-refractivity contribution in [3.63, 3.8) is 0 Å². The van der Waals surface area contributed by atoms with Crippen molar-refractivity contribution >= 4 is 5.97 Å². The Morgan fingerprint density at radius 1 is 1.52 bits per heavy atom. The van der Waals surface area contributed by atoms with Gasteiger partial charge < -0.3 is 15.2 Å². The van der Waals surface area contributed by atoms with Crippen LogP contribution in [-0.4, -0.2) is 25.2 Å². The Labute approximate surface area is 124 Å². The smallest absolute Gasteiger partial charge is 0.326 e. The first-order valence-corrected chi connectivity index (χ1v) is 7.24. The summed E-state index contributed by atoms with van der Waals surface area (Å²) in [5, 5.41) is 0. The number of rotatable bonds is 5. The number of aryl methyl sites for hydroxylation is 1. The predicted molar refractivity (Wildman–Crippen MR) is 77.5 cm³/mol. The SMILES string of the molecule is COC(=O)C1(N)CCCC1CCOc1cccc(C)c1F. The molecule has 1 aliphatic rings. The molecule has 0 heterocycles. The molecule has 2 rings (SSSR count). The monoisotopic (exact) mass is 295 g/mol. The van der Waals surface area contributed by atoms with E-state index in [-0.39, 0.29) is 23.5 Å². The molecule has 2 N–H and O–H groups in total. The third kappa shape index (κ3) is 3.18. The second-order valence-corrected chi connectivity index (χ2v) is 5.65. The van der Waals surface area contributed by atoms with E-state index < -0.39 is 5.54 Å². The molecule has 2 unspecified atom stereocenters. The predicted octanol–water partition coefficient (Wildman–Crippen LogP) is 2.57. The Morgan fingerprint density at radius 2 is 2.29 bits per heavy atom. The largest absolute Gasteiger partial charge is 0.490 e. The van der Waals surface area contributed by atoms with Gasteiger partial charge in [0.15, 0.2) is 11.6 Å². The van der Waals surface area contributed by atoms with E-state index >= 15 is 0 Å². The molecule has 1 saturated carbocycles. The highest BCUT2D eigenvalue weighted by atomic mass is 19.1. The number of hydrogen-bond acceptors (Lipinski definition) is 4. The second kappa shape index (κ2) is 6.43. The summed E-state index contributed by atoms with van der Waals surface area (Å²) in [6, 6.07) is 5.05. The standard InChI is InChI=1S/C16H22FNO3/c1-11-5-3-7-13(14(11)17)21-10-8-12-6-4-9-16(12,18)15(19)20-2/h3,5,7,12H,4,6,8-10,18H2,1-2H3. The Hall–Kier alpha value is -1.62. The zero-order chi connectivity index (χ0) is 15.5. The van der Waals surface area contributed by atoms with Crippen LogP contribution in [0.2, 0.25) is 0 Å². The molecule has 0 saturated heterocycles. The van der Waals surface area contributed by atoms with Crippen molar-refractivity contribution in [1.29, 1.82) is 0 Å². The van der Waals surface area contributed by atoms with Crippen LogP contribution in [0.25, 0.3) is 0 Å². The molecule has 2 atom stereocenters. The topological polar surface area (TPSA) is 61.5 Å². The minimum absolute atomic E-state index is 0.0119. The number of carbonyl (C=O) groups excluding carboxylic acids is 1. The normalized spacial score (nSPS) is 24.9. The van der Waals surface area contributed by atoms with Crippen molar-refractivity contribution in [2.45, 2.75) is 38.1 Å². The molecule has 0 aromatic heterocycles. The molecule has 5 heteroatoms. The van der Waals surface area contributed by atoms with Crippen molar-refractivity contribution in [3.8, 4) is 5.75 Å². The summed E-state index contributed by atoms with van der Waals surface area (Å²) in [5.74, 6) is -0.450. The van der Waals surface area contributed by atoms with Crippen LogP contribution in [-0.2, 0) is 9.53 Å². The number of ether oxygens (including phenoxy) is 2. The van der Waals surface area contributed by atoms with Crippen molar-refractivity contribution in [2.75, 3.05) is 13.7 Å². The van der Waals surface area contributed by atoms with E-state index in [0.29, 0.717) is 25.0 Å². The fourth-order valence-electron chi connectivity index (χ4n) is 3.01. The first kappa shape index (κ1) is 15.8. The molecule has 0 aliphatic heterocycles. The molecule has 0 bridgehead atoms. The number of carbonyl (C=O) groups is 1. The van der Waals surface area contributed by atoms with Crippen LogP contribution < -0.4 is 10.5 Å². The summed E-state index contributed by atoms with van der Waals surface area (Å²) in [6.07, 6.45) is 3.00. The Bertz CT molecular complexity index is 520. The molecule has 1 fully saturated rings. The van der Waals surface area contributed by atoms with Crippen molar-refractivity contribution < 1.29 is 18.7 Å². The van der Waals surface area contributed by atoms with Gasteiger partial charge in [0.05, 0.1) is 13.7 Å². The van der Waals surface area contributed by atoms with Gasteiger partial charge in [0.1, 0.15) is 5.54 Å². The van der Waals surface area contributed by atoms with Gasteiger partial charge in [-0.1, -0.05) is 18.6 Å². The van der Waals surface area contributed by atoms with E-state index in [4.69, 9.17) is 15.2 Å². The lowest BCUT2D eigenvalue weighted by atomic mass is 9.86. The molecule has 116 valence electrons. The summed E-state index contributed by atoms with van der Waals surface area (Å²) in [5.41, 5.74) is 5.81. The first-order valence-electron chi connectivity index (χ1n) is 7.24. The number of benzene rings is 1. The molecule has 4 nitrogen and oxygen atoms in total. The molecule has 0 amide bonds. The summed E-state index contributed by atoms with van der Waals surface area (Å²) < 4.78 is 24.1. The highest BCUT2D eigenvalue weighted by molar-refractivity contribution is 5.81. The lowest BCUT2D eigenvalue weighted by Crippen LogP contribution is -2.52. The minimum Gasteiger partial charge on any atom is -0.490 e. The van der Waals surface area contributed by atoms with Gasteiger partial charge in [-0.05, 0) is 43.7 Å². The maximum absolute atomic E-state index is 13.8. The van der Waals surface area contributed by atoms with Gasteiger partial charge in [-0.3, -0.25) is 4.79 Å². The summed E-state index contributed by atoms with van der Waals surface area (Å²) in [4.78, 5) is 11.8. The van der Waals surface area contributed by atoms with Crippen LogP contribution in [0.3, 0.4) is 0 Å². The van der Waals surface area contributed by atoms with Crippen LogP contribution in [0, 0.1) is 18.7 Å². The molecule has 0 spiro atoms. The van der Waals surface area contributed by atoms with E-state index in [1.165, 1.54) is 7.11 Å². The number of methoxy groups -OCH3 is 1. The van der Waals surface area contributed by atoms with Gasteiger partial charge in [-0.2, -0.15) is 0 Å². The molecule has 0 radical (unpaired) electrons.